The van der Waals surface area contributed by atoms with Crippen molar-refractivity contribution in [3.05, 3.63) is 89.9 Å². The van der Waals surface area contributed by atoms with Gasteiger partial charge in [-0.05, 0) is 75.4 Å². The minimum absolute atomic E-state index is 0.957. The minimum atomic E-state index is 0.957. The number of aryl methyl sites for hydroxylation is 3. The molecule has 0 unspecified atom stereocenters. The Bertz CT molecular complexity index is 962. The van der Waals surface area contributed by atoms with E-state index in [1.165, 1.54) is 0 Å². The highest BCUT2D eigenvalue weighted by Gasteiger charge is 2.10. The van der Waals surface area contributed by atoms with E-state index >= 15 is 0 Å². The van der Waals surface area contributed by atoms with Crippen LogP contribution in [0, 0.1) is 20.8 Å². The van der Waals surface area contributed by atoms with Gasteiger partial charge in [0.05, 0.1) is 17.1 Å². The molecule has 4 rings (SSSR count). The fourth-order valence-corrected chi connectivity index (χ4v) is 3.18. The molecule has 0 atom stereocenters. The topological polar surface area (TPSA) is 38.7 Å². The third-order valence-corrected chi connectivity index (χ3v) is 4.49. The van der Waals surface area contributed by atoms with Gasteiger partial charge in [0.25, 0.3) is 0 Å². The van der Waals surface area contributed by atoms with Gasteiger partial charge in [0.2, 0.25) is 0 Å². The molecule has 3 heteroatoms. The molecule has 3 heterocycles. The van der Waals surface area contributed by atoms with Crippen LogP contribution in [0.15, 0.2) is 72.8 Å². The number of rotatable bonds is 3. The summed E-state index contributed by atoms with van der Waals surface area (Å²) >= 11 is 0. The molecular weight excluding hydrogens is 330 g/mol. The van der Waals surface area contributed by atoms with Gasteiger partial charge in [0.15, 0.2) is 0 Å². The van der Waals surface area contributed by atoms with Crippen molar-refractivity contribution in [1.82, 2.24) is 15.0 Å². The lowest BCUT2D eigenvalue weighted by Crippen LogP contribution is -1.93. The Kier molecular flexibility index (Phi) is 4.51. The van der Waals surface area contributed by atoms with Crippen molar-refractivity contribution in [1.29, 1.82) is 0 Å². The summed E-state index contributed by atoms with van der Waals surface area (Å²) in [6.07, 6.45) is 0. The van der Waals surface area contributed by atoms with Gasteiger partial charge < -0.3 is 0 Å². The van der Waals surface area contributed by atoms with E-state index in [0.29, 0.717) is 0 Å². The molecule has 0 spiro atoms. The quantitative estimate of drug-likeness (QED) is 0.468. The summed E-state index contributed by atoms with van der Waals surface area (Å²) in [5.41, 5.74) is 9.08. The Labute approximate surface area is 159 Å². The van der Waals surface area contributed by atoms with E-state index in [1.54, 1.807) is 0 Å². The van der Waals surface area contributed by atoms with Gasteiger partial charge in [-0.15, -0.1) is 0 Å². The SMILES string of the molecule is Cc1cccc(-c2cc(-c3cccc(C)n3)cc(-c3cccc(C)n3)c2)n1. The van der Waals surface area contributed by atoms with Crippen LogP contribution >= 0.6 is 0 Å². The monoisotopic (exact) mass is 351 g/mol. The number of hydrogen-bond acceptors (Lipinski definition) is 3. The van der Waals surface area contributed by atoms with Crippen LogP contribution in [0.4, 0.5) is 0 Å². The Morgan fingerprint density at radius 3 is 1.00 bits per heavy atom. The summed E-state index contributed by atoms with van der Waals surface area (Å²) in [6.45, 7) is 6.04. The maximum atomic E-state index is 4.71. The highest BCUT2D eigenvalue weighted by atomic mass is 14.7. The smallest absolute Gasteiger partial charge is 0.0705 e. The van der Waals surface area contributed by atoms with Gasteiger partial charge in [-0.25, -0.2) is 0 Å². The van der Waals surface area contributed by atoms with Crippen LogP contribution < -0.4 is 0 Å². The molecule has 4 aromatic rings. The fourth-order valence-electron chi connectivity index (χ4n) is 3.18. The molecular formula is C24H21N3. The number of nitrogens with zero attached hydrogens (tertiary/aromatic N) is 3. The molecule has 0 aliphatic heterocycles. The average molecular weight is 351 g/mol. The molecule has 27 heavy (non-hydrogen) atoms. The van der Waals surface area contributed by atoms with Crippen molar-refractivity contribution in [2.75, 3.05) is 0 Å². The molecule has 0 aliphatic rings. The van der Waals surface area contributed by atoms with E-state index in [2.05, 4.69) is 18.2 Å². The zero-order valence-electron chi connectivity index (χ0n) is 15.8. The molecule has 3 aromatic heterocycles. The predicted molar refractivity (Wildman–Crippen MR) is 110 cm³/mol. The van der Waals surface area contributed by atoms with E-state index in [9.17, 15) is 0 Å². The van der Waals surface area contributed by atoms with Crippen LogP contribution in [-0.4, -0.2) is 15.0 Å². The molecule has 0 aliphatic carbocycles. The minimum Gasteiger partial charge on any atom is -0.253 e. The summed E-state index contributed by atoms with van der Waals surface area (Å²) in [4.78, 5) is 14.1. The van der Waals surface area contributed by atoms with Crippen molar-refractivity contribution in [2.24, 2.45) is 0 Å². The molecule has 3 nitrogen and oxygen atoms in total. The van der Waals surface area contributed by atoms with E-state index in [-0.39, 0.29) is 0 Å². The number of pyridine rings is 3. The molecule has 0 saturated carbocycles. The van der Waals surface area contributed by atoms with Gasteiger partial charge >= 0.3 is 0 Å². The number of aromatic nitrogens is 3. The molecule has 1 aromatic carbocycles. The lowest BCUT2D eigenvalue weighted by Gasteiger charge is -2.11. The summed E-state index contributed by atoms with van der Waals surface area (Å²) in [7, 11) is 0. The average Bonchev–Trinajstić information content (AvgIpc) is 2.68. The van der Waals surface area contributed by atoms with E-state index in [1.807, 2.05) is 75.4 Å². The standard InChI is InChI=1S/C24H21N3/c1-16-7-4-10-22(25-16)19-13-20(23-11-5-8-17(2)26-23)15-21(14-19)24-12-6-9-18(3)27-24/h4-15H,1-3H3. The summed E-state index contributed by atoms with van der Waals surface area (Å²) < 4.78 is 0. The van der Waals surface area contributed by atoms with Gasteiger partial charge in [0, 0.05) is 33.8 Å². The lowest BCUT2D eigenvalue weighted by molar-refractivity contribution is 1.19. The van der Waals surface area contributed by atoms with E-state index in [4.69, 9.17) is 15.0 Å². The Hall–Kier alpha value is -3.33. The zero-order valence-corrected chi connectivity index (χ0v) is 15.8. The fraction of sp³-hybridized carbons (Fsp3) is 0.125. The van der Waals surface area contributed by atoms with Crippen molar-refractivity contribution in [2.45, 2.75) is 20.8 Å². The van der Waals surface area contributed by atoms with E-state index in [0.717, 1.165) is 50.9 Å². The first-order valence-corrected chi connectivity index (χ1v) is 9.06. The van der Waals surface area contributed by atoms with Crippen LogP contribution in [0.25, 0.3) is 33.8 Å². The molecule has 0 N–H and O–H groups in total. The van der Waals surface area contributed by atoms with Crippen molar-refractivity contribution in [3.63, 3.8) is 0 Å². The lowest BCUT2D eigenvalue weighted by atomic mass is 9.98. The second kappa shape index (κ2) is 7.12. The van der Waals surface area contributed by atoms with Crippen LogP contribution in [0.1, 0.15) is 17.1 Å². The highest BCUT2D eigenvalue weighted by Crippen LogP contribution is 2.31. The Morgan fingerprint density at radius 1 is 0.444 bits per heavy atom. The van der Waals surface area contributed by atoms with Gasteiger partial charge in [-0.3, -0.25) is 15.0 Å². The Balaban J connectivity index is 1.94. The molecule has 0 fully saturated rings. The van der Waals surface area contributed by atoms with Crippen LogP contribution in [0.3, 0.4) is 0 Å². The predicted octanol–water partition coefficient (Wildman–Crippen LogP) is 5.80. The third-order valence-electron chi connectivity index (χ3n) is 4.49. The maximum Gasteiger partial charge on any atom is 0.0705 e. The molecule has 0 saturated heterocycles. The summed E-state index contributed by atoms with van der Waals surface area (Å²) in [5, 5.41) is 0. The van der Waals surface area contributed by atoms with E-state index < -0.39 is 0 Å². The molecule has 0 amide bonds. The summed E-state index contributed by atoms with van der Waals surface area (Å²) in [5.74, 6) is 0. The van der Waals surface area contributed by atoms with Crippen molar-refractivity contribution < 1.29 is 0 Å². The van der Waals surface area contributed by atoms with Crippen LogP contribution in [0.2, 0.25) is 0 Å². The first-order valence-electron chi connectivity index (χ1n) is 9.06. The second-order valence-corrected chi connectivity index (χ2v) is 6.79. The highest BCUT2D eigenvalue weighted by molar-refractivity contribution is 5.78. The molecule has 0 bridgehead atoms. The van der Waals surface area contributed by atoms with Crippen LogP contribution in [0.5, 0.6) is 0 Å². The van der Waals surface area contributed by atoms with Gasteiger partial charge in [-0.1, -0.05) is 18.2 Å². The second-order valence-electron chi connectivity index (χ2n) is 6.79. The Morgan fingerprint density at radius 2 is 0.741 bits per heavy atom. The van der Waals surface area contributed by atoms with Crippen molar-refractivity contribution in [3.8, 4) is 33.8 Å². The maximum absolute atomic E-state index is 4.71. The molecule has 132 valence electrons. The first kappa shape index (κ1) is 17.1. The normalized spacial score (nSPS) is 10.8. The summed E-state index contributed by atoms with van der Waals surface area (Å²) in [6, 6.07) is 24.8. The largest absolute Gasteiger partial charge is 0.253 e. The number of hydrogen-bond donors (Lipinski definition) is 0. The third kappa shape index (κ3) is 3.77. The van der Waals surface area contributed by atoms with Crippen LogP contribution in [-0.2, 0) is 0 Å². The zero-order chi connectivity index (χ0) is 18.8. The first-order chi connectivity index (χ1) is 13.1. The van der Waals surface area contributed by atoms with Gasteiger partial charge in [0.1, 0.15) is 0 Å². The number of benzene rings is 1. The van der Waals surface area contributed by atoms with Gasteiger partial charge in [-0.2, -0.15) is 0 Å². The van der Waals surface area contributed by atoms with Crippen molar-refractivity contribution >= 4 is 0 Å². The molecule has 0 radical (unpaired) electrons.